The van der Waals surface area contributed by atoms with E-state index >= 15 is 0 Å². The molecule has 0 radical (unpaired) electrons. The Balaban J connectivity index is 1.69. The summed E-state index contributed by atoms with van der Waals surface area (Å²) in [4.78, 5) is 0. The van der Waals surface area contributed by atoms with Crippen LogP contribution in [0.25, 0.3) is 5.57 Å². The molecule has 2 heteroatoms. The van der Waals surface area contributed by atoms with Crippen molar-refractivity contribution < 1.29 is 4.74 Å². The minimum atomic E-state index is -1.63. The lowest BCUT2D eigenvalue weighted by atomic mass is 10.0. The van der Waals surface area contributed by atoms with E-state index in [4.69, 9.17) is 4.74 Å². The molecular weight excluding hydrogens is 404 g/mol. The number of hydrogen-bond acceptors (Lipinski definition) is 1. The lowest BCUT2D eigenvalue weighted by Crippen LogP contribution is -2.39. The Morgan fingerprint density at radius 3 is 2.06 bits per heavy atom. The molecule has 32 heavy (non-hydrogen) atoms. The molecule has 0 bridgehead atoms. The largest absolute Gasteiger partial charge is 0.376 e. The maximum absolute atomic E-state index is 5.87. The molecule has 1 unspecified atom stereocenters. The Kier molecular flexibility index (Phi) is 7.77. The average Bonchev–Trinajstić information content (AvgIpc) is 3.18. The number of allylic oxidation sites excluding steroid dienone is 6. The Morgan fingerprint density at radius 2 is 1.44 bits per heavy atom. The lowest BCUT2D eigenvalue weighted by Gasteiger charge is -2.37. The molecule has 1 aromatic rings. The van der Waals surface area contributed by atoms with E-state index in [-0.39, 0.29) is 5.60 Å². The summed E-state index contributed by atoms with van der Waals surface area (Å²) >= 11 is 0. The first-order valence-corrected chi connectivity index (χ1v) is 15.9. The molecule has 0 spiro atoms. The van der Waals surface area contributed by atoms with Gasteiger partial charge in [-0.05, 0) is 107 Å². The van der Waals surface area contributed by atoms with Crippen molar-refractivity contribution in [3.05, 3.63) is 63.8 Å². The van der Waals surface area contributed by atoms with Crippen LogP contribution in [0.4, 0.5) is 0 Å². The normalized spacial score (nSPS) is 19.8. The summed E-state index contributed by atoms with van der Waals surface area (Å²) in [6.07, 6.45) is 8.91. The highest BCUT2D eigenvalue weighted by Gasteiger charge is 2.45. The van der Waals surface area contributed by atoms with E-state index in [1.54, 1.807) is 33.4 Å². The van der Waals surface area contributed by atoms with Crippen LogP contribution in [0.15, 0.2) is 52.6 Å². The van der Waals surface area contributed by atoms with Crippen molar-refractivity contribution >= 4 is 13.6 Å². The monoisotopic (exact) mass is 450 g/mol. The van der Waals surface area contributed by atoms with Gasteiger partial charge in [0.15, 0.2) is 0 Å². The number of fused-ring (bicyclic) bond motifs is 1. The van der Waals surface area contributed by atoms with Crippen molar-refractivity contribution in [3.63, 3.8) is 0 Å². The maximum atomic E-state index is 5.87. The van der Waals surface area contributed by atoms with Crippen LogP contribution in [0.1, 0.15) is 97.2 Å². The fourth-order valence-electron chi connectivity index (χ4n) is 6.07. The zero-order valence-electron chi connectivity index (χ0n) is 22.2. The Labute approximate surface area is 199 Å². The third-order valence-corrected chi connectivity index (χ3v) is 12.5. The number of hydrogen-bond donors (Lipinski definition) is 0. The van der Waals surface area contributed by atoms with E-state index in [1.165, 1.54) is 37.7 Å². The Morgan fingerprint density at radius 1 is 0.844 bits per heavy atom. The molecule has 1 atom stereocenters. The molecule has 0 aromatic heterocycles. The van der Waals surface area contributed by atoms with Gasteiger partial charge in [0.25, 0.3) is 0 Å². The highest BCUT2D eigenvalue weighted by atomic mass is 28.3. The molecule has 0 aliphatic heterocycles. The number of benzene rings is 1. The van der Waals surface area contributed by atoms with E-state index in [2.05, 4.69) is 91.9 Å². The number of rotatable bonds is 9. The van der Waals surface area contributed by atoms with Gasteiger partial charge in [-0.15, -0.1) is 0 Å². The zero-order chi connectivity index (χ0) is 23.7. The summed E-state index contributed by atoms with van der Waals surface area (Å²) in [5.74, 6) is 0. The van der Waals surface area contributed by atoms with Crippen LogP contribution in [0, 0.1) is 0 Å². The quantitative estimate of drug-likeness (QED) is 0.269. The summed E-state index contributed by atoms with van der Waals surface area (Å²) < 4.78 is 5.87. The van der Waals surface area contributed by atoms with E-state index in [1.807, 2.05) is 0 Å². The van der Waals surface area contributed by atoms with Crippen LogP contribution in [0.2, 0.25) is 18.6 Å². The summed E-state index contributed by atoms with van der Waals surface area (Å²) in [7, 11) is -1.63. The molecule has 0 N–H and O–H groups in total. The smallest absolute Gasteiger partial charge is 0.0714 e. The van der Waals surface area contributed by atoms with Crippen LogP contribution < -0.4 is 0 Å². The third kappa shape index (κ3) is 5.23. The molecule has 0 saturated heterocycles. The van der Waals surface area contributed by atoms with E-state index in [0.29, 0.717) is 11.1 Å². The minimum absolute atomic E-state index is 0.0123. The SMILES string of the molecule is CC1=C(C)C([Si](C)(C)C2C=C(CCCCCCOC(C)(C)C)c3ccccc32)C(C)=C1C. The van der Waals surface area contributed by atoms with E-state index < -0.39 is 8.07 Å². The number of ether oxygens (including phenoxy) is 1. The molecular formula is C30H46OSi. The minimum Gasteiger partial charge on any atom is -0.376 e. The van der Waals surface area contributed by atoms with Crippen molar-refractivity contribution in [2.45, 2.75) is 110 Å². The van der Waals surface area contributed by atoms with Gasteiger partial charge in [-0.1, -0.05) is 67.4 Å². The van der Waals surface area contributed by atoms with Crippen molar-refractivity contribution in [1.82, 2.24) is 0 Å². The van der Waals surface area contributed by atoms with Crippen molar-refractivity contribution in [2.75, 3.05) is 6.61 Å². The lowest BCUT2D eigenvalue weighted by molar-refractivity contribution is -0.00473. The number of unbranched alkanes of at least 4 members (excludes halogenated alkanes) is 3. The van der Waals surface area contributed by atoms with Crippen LogP contribution in [-0.2, 0) is 4.74 Å². The second kappa shape index (κ2) is 9.85. The highest BCUT2D eigenvalue weighted by molar-refractivity contribution is 6.82. The van der Waals surface area contributed by atoms with Crippen LogP contribution in [-0.4, -0.2) is 20.3 Å². The Hall–Kier alpha value is -1.38. The van der Waals surface area contributed by atoms with Gasteiger partial charge in [-0.3, -0.25) is 0 Å². The summed E-state index contributed by atoms with van der Waals surface area (Å²) in [5, 5.41) is 0. The fourth-order valence-corrected chi connectivity index (χ4v) is 10.8. The standard InChI is InChI=1S/C30H46OSi/c1-21-22(2)24(4)29(23(21)3)32(8,9)28-20-25(26-17-13-14-18-27(26)28)16-12-10-11-15-19-31-30(5,6)7/h13-14,17-18,20,28-29H,10-12,15-16,19H2,1-9H3. The molecule has 0 saturated carbocycles. The molecule has 1 aromatic carbocycles. The fraction of sp³-hybridized carbons (Fsp3) is 0.600. The van der Waals surface area contributed by atoms with Gasteiger partial charge in [0.05, 0.1) is 13.7 Å². The third-order valence-electron chi connectivity index (χ3n) is 8.04. The van der Waals surface area contributed by atoms with Crippen molar-refractivity contribution in [3.8, 4) is 0 Å². The van der Waals surface area contributed by atoms with Crippen molar-refractivity contribution in [2.24, 2.45) is 0 Å². The first-order valence-electron chi connectivity index (χ1n) is 12.7. The van der Waals surface area contributed by atoms with Crippen LogP contribution in [0.5, 0.6) is 0 Å². The second-order valence-electron chi connectivity index (χ2n) is 11.8. The van der Waals surface area contributed by atoms with E-state index in [0.717, 1.165) is 6.61 Å². The molecule has 0 fully saturated rings. The molecule has 2 aliphatic rings. The Bertz CT molecular complexity index is 898. The van der Waals surface area contributed by atoms with Gasteiger partial charge in [0.1, 0.15) is 0 Å². The van der Waals surface area contributed by atoms with E-state index in [9.17, 15) is 0 Å². The first kappa shape index (κ1) is 25.2. The topological polar surface area (TPSA) is 9.23 Å². The molecule has 1 nitrogen and oxygen atoms in total. The van der Waals surface area contributed by atoms with Crippen LogP contribution in [0.3, 0.4) is 0 Å². The van der Waals surface area contributed by atoms with Gasteiger partial charge in [-0.2, -0.15) is 0 Å². The summed E-state index contributed by atoms with van der Waals surface area (Å²) in [5.41, 5.74) is 12.3. The van der Waals surface area contributed by atoms with Gasteiger partial charge in [0, 0.05) is 6.61 Å². The predicted octanol–water partition coefficient (Wildman–Crippen LogP) is 9.24. The molecule has 176 valence electrons. The van der Waals surface area contributed by atoms with Gasteiger partial charge >= 0.3 is 0 Å². The van der Waals surface area contributed by atoms with Gasteiger partial charge in [-0.25, -0.2) is 0 Å². The molecule has 0 amide bonds. The summed E-state index contributed by atoms with van der Waals surface area (Å²) in [6, 6.07) is 9.26. The summed E-state index contributed by atoms with van der Waals surface area (Å²) in [6.45, 7) is 22.0. The highest BCUT2D eigenvalue weighted by Crippen LogP contribution is 2.54. The zero-order valence-corrected chi connectivity index (χ0v) is 23.2. The second-order valence-corrected chi connectivity index (χ2v) is 16.6. The molecule has 0 heterocycles. The van der Waals surface area contributed by atoms with Gasteiger partial charge < -0.3 is 4.74 Å². The van der Waals surface area contributed by atoms with Crippen LogP contribution >= 0.6 is 0 Å². The van der Waals surface area contributed by atoms with Crippen molar-refractivity contribution in [1.29, 1.82) is 0 Å². The van der Waals surface area contributed by atoms with Gasteiger partial charge in [0.2, 0.25) is 0 Å². The molecule has 2 aliphatic carbocycles. The molecule has 3 rings (SSSR count). The predicted molar refractivity (Wildman–Crippen MR) is 144 cm³/mol. The average molecular weight is 451 g/mol. The maximum Gasteiger partial charge on any atom is 0.0714 e. The first-order chi connectivity index (χ1) is 14.9.